The SMILES string of the molecule is CCCCCC1CCC(C2CCC(c3ccc4c(c3F)-c3c-4cc(C)c(F)c3F)CO2)CC1. The van der Waals surface area contributed by atoms with Gasteiger partial charge in [0, 0.05) is 17.0 Å². The third-order valence-electron chi connectivity index (χ3n) is 8.48. The van der Waals surface area contributed by atoms with E-state index >= 15 is 4.39 Å². The fourth-order valence-electron chi connectivity index (χ4n) is 6.44. The number of ether oxygens (including phenoxy) is 1. The summed E-state index contributed by atoms with van der Waals surface area (Å²) in [6.45, 7) is 4.31. The van der Waals surface area contributed by atoms with Crippen LogP contribution in [0.1, 0.15) is 88.2 Å². The summed E-state index contributed by atoms with van der Waals surface area (Å²) in [5.74, 6) is -0.729. The highest BCUT2D eigenvalue weighted by Crippen LogP contribution is 2.52. The quantitative estimate of drug-likeness (QED) is 0.337. The lowest BCUT2D eigenvalue weighted by atomic mass is 9.74. The molecule has 0 radical (unpaired) electrons. The molecule has 2 fully saturated rings. The number of hydrogen-bond acceptors (Lipinski definition) is 1. The van der Waals surface area contributed by atoms with E-state index in [-0.39, 0.29) is 28.7 Å². The Bertz CT molecular complexity index is 1010. The van der Waals surface area contributed by atoms with Crippen LogP contribution >= 0.6 is 0 Å². The van der Waals surface area contributed by atoms with Crippen LogP contribution in [0.3, 0.4) is 0 Å². The number of rotatable bonds is 6. The molecule has 3 aliphatic rings. The number of unbranched alkanes of at least 4 members (excludes halogenated alkanes) is 2. The van der Waals surface area contributed by atoms with Gasteiger partial charge in [-0.15, -0.1) is 0 Å². The highest BCUT2D eigenvalue weighted by Gasteiger charge is 2.36. The molecule has 1 saturated heterocycles. The lowest BCUT2D eigenvalue weighted by Crippen LogP contribution is -2.33. The Morgan fingerprint density at radius 1 is 0.848 bits per heavy atom. The van der Waals surface area contributed by atoms with Gasteiger partial charge in [-0.2, -0.15) is 0 Å². The van der Waals surface area contributed by atoms with Crippen LogP contribution in [-0.4, -0.2) is 12.7 Å². The van der Waals surface area contributed by atoms with E-state index in [4.69, 9.17) is 4.74 Å². The van der Waals surface area contributed by atoms with E-state index in [0.717, 1.165) is 18.8 Å². The molecule has 0 amide bonds. The predicted octanol–water partition coefficient (Wildman–Crippen LogP) is 8.71. The predicted molar refractivity (Wildman–Crippen MR) is 127 cm³/mol. The molecule has 4 heteroatoms. The molecule has 1 nitrogen and oxygen atoms in total. The van der Waals surface area contributed by atoms with Gasteiger partial charge in [-0.25, -0.2) is 13.2 Å². The highest BCUT2D eigenvalue weighted by molar-refractivity contribution is 6.03. The molecule has 0 aromatic heterocycles. The van der Waals surface area contributed by atoms with E-state index in [1.807, 2.05) is 12.1 Å². The van der Waals surface area contributed by atoms with Crippen molar-refractivity contribution >= 4 is 0 Å². The van der Waals surface area contributed by atoms with Crippen LogP contribution < -0.4 is 0 Å². The molecule has 1 heterocycles. The van der Waals surface area contributed by atoms with E-state index in [9.17, 15) is 8.78 Å². The van der Waals surface area contributed by atoms with E-state index in [1.165, 1.54) is 58.3 Å². The number of halogens is 3. The molecule has 2 aliphatic carbocycles. The van der Waals surface area contributed by atoms with Crippen molar-refractivity contribution in [2.24, 2.45) is 11.8 Å². The number of fused-ring (bicyclic) bond motifs is 4. The number of aryl methyl sites for hydroxylation is 1. The molecule has 178 valence electrons. The van der Waals surface area contributed by atoms with Gasteiger partial charge in [-0.1, -0.05) is 57.6 Å². The van der Waals surface area contributed by atoms with Crippen molar-refractivity contribution in [3.8, 4) is 22.3 Å². The maximum Gasteiger partial charge on any atom is 0.167 e. The molecule has 1 aliphatic heterocycles. The third-order valence-corrected chi connectivity index (χ3v) is 8.48. The van der Waals surface area contributed by atoms with Gasteiger partial charge >= 0.3 is 0 Å². The molecular formula is C29H35F3O. The summed E-state index contributed by atoms with van der Waals surface area (Å²) in [5, 5.41) is 0. The maximum absolute atomic E-state index is 15.5. The Kier molecular flexibility index (Phi) is 6.57. The van der Waals surface area contributed by atoms with Gasteiger partial charge < -0.3 is 4.74 Å². The minimum atomic E-state index is -0.932. The van der Waals surface area contributed by atoms with Crippen LogP contribution in [0.5, 0.6) is 0 Å². The number of benzene rings is 2. The average Bonchev–Trinajstić information content (AvgIpc) is 2.82. The van der Waals surface area contributed by atoms with Crippen LogP contribution in [0.25, 0.3) is 22.3 Å². The monoisotopic (exact) mass is 456 g/mol. The summed E-state index contributed by atoms with van der Waals surface area (Å²) in [6, 6.07) is 5.30. The molecule has 5 rings (SSSR count). The van der Waals surface area contributed by atoms with E-state index in [0.29, 0.717) is 29.2 Å². The van der Waals surface area contributed by atoms with E-state index in [1.54, 1.807) is 6.07 Å². The van der Waals surface area contributed by atoms with Crippen LogP contribution in [0.2, 0.25) is 0 Å². The van der Waals surface area contributed by atoms with Gasteiger partial charge in [0.15, 0.2) is 11.6 Å². The minimum Gasteiger partial charge on any atom is -0.377 e. The van der Waals surface area contributed by atoms with Crippen molar-refractivity contribution in [1.82, 2.24) is 0 Å². The minimum absolute atomic E-state index is 0.0284. The van der Waals surface area contributed by atoms with E-state index < -0.39 is 17.5 Å². The highest BCUT2D eigenvalue weighted by atomic mass is 19.2. The maximum atomic E-state index is 15.5. The van der Waals surface area contributed by atoms with Crippen molar-refractivity contribution in [3.05, 3.63) is 46.8 Å². The Morgan fingerprint density at radius 3 is 2.30 bits per heavy atom. The molecule has 33 heavy (non-hydrogen) atoms. The second-order valence-electron chi connectivity index (χ2n) is 10.6. The number of hydrogen-bond donors (Lipinski definition) is 0. The summed E-state index contributed by atoms with van der Waals surface area (Å²) in [4.78, 5) is 0. The largest absolute Gasteiger partial charge is 0.377 e. The van der Waals surface area contributed by atoms with Crippen LogP contribution in [0, 0.1) is 36.2 Å². The molecule has 2 atom stereocenters. The first-order valence-corrected chi connectivity index (χ1v) is 12.9. The lowest BCUT2D eigenvalue weighted by molar-refractivity contribution is -0.0440. The Balaban J connectivity index is 1.21. The van der Waals surface area contributed by atoms with Crippen molar-refractivity contribution in [2.45, 2.75) is 90.1 Å². The van der Waals surface area contributed by atoms with Crippen molar-refractivity contribution in [1.29, 1.82) is 0 Å². The molecule has 2 aromatic rings. The van der Waals surface area contributed by atoms with Crippen molar-refractivity contribution < 1.29 is 17.9 Å². The van der Waals surface area contributed by atoms with Gasteiger partial charge in [-0.3, -0.25) is 0 Å². The smallest absolute Gasteiger partial charge is 0.167 e. The molecule has 2 unspecified atom stereocenters. The first-order valence-electron chi connectivity index (χ1n) is 12.9. The Labute approximate surface area is 195 Å². The van der Waals surface area contributed by atoms with Crippen molar-refractivity contribution in [2.75, 3.05) is 6.61 Å². The third kappa shape index (κ3) is 4.13. The van der Waals surface area contributed by atoms with Crippen LogP contribution in [0.4, 0.5) is 13.2 Å². The summed E-state index contributed by atoms with van der Waals surface area (Å²) >= 11 is 0. The molecular weight excluding hydrogens is 421 g/mol. The summed E-state index contributed by atoms with van der Waals surface area (Å²) in [5.41, 5.74) is 2.46. The van der Waals surface area contributed by atoms with Gasteiger partial charge in [-0.05, 0) is 72.8 Å². The standard InChI is InChI=1S/C29H35F3O/c1-3-4-5-6-18-7-9-19(10-8-18)24-14-11-20(16-33-24)21-12-13-22-23-15-17(2)27(30)29(32)26(23)25(22)28(21)31/h12-13,15,18-20,24H,3-11,14,16H2,1-2H3. The van der Waals surface area contributed by atoms with E-state index in [2.05, 4.69) is 6.92 Å². The molecule has 1 saturated carbocycles. The summed E-state index contributed by atoms with van der Waals surface area (Å²) in [6.07, 6.45) is 12.6. The second-order valence-corrected chi connectivity index (χ2v) is 10.6. The van der Waals surface area contributed by atoms with Crippen LogP contribution in [0.15, 0.2) is 18.2 Å². The van der Waals surface area contributed by atoms with Gasteiger partial charge in [0.25, 0.3) is 0 Å². The lowest BCUT2D eigenvalue weighted by Gasteiger charge is -2.38. The average molecular weight is 457 g/mol. The Hall–Kier alpha value is -1.81. The summed E-state index contributed by atoms with van der Waals surface area (Å²) < 4.78 is 50.4. The normalized spacial score (nSPS) is 26.5. The summed E-state index contributed by atoms with van der Waals surface area (Å²) in [7, 11) is 0. The van der Waals surface area contributed by atoms with Crippen LogP contribution in [-0.2, 0) is 4.74 Å². The molecule has 2 aromatic carbocycles. The molecule has 0 spiro atoms. The second kappa shape index (κ2) is 9.44. The van der Waals surface area contributed by atoms with Gasteiger partial charge in [0.05, 0.1) is 12.7 Å². The first-order chi connectivity index (χ1) is 16.0. The van der Waals surface area contributed by atoms with Crippen molar-refractivity contribution in [3.63, 3.8) is 0 Å². The van der Waals surface area contributed by atoms with Gasteiger partial charge in [0.2, 0.25) is 0 Å². The zero-order valence-electron chi connectivity index (χ0n) is 19.9. The molecule has 0 N–H and O–H groups in total. The first kappa shape index (κ1) is 23.0. The van der Waals surface area contributed by atoms with Gasteiger partial charge in [0.1, 0.15) is 5.82 Å². The fraction of sp³-hybridized carbons (Fsp3) is 0.586. The molecule has 0 bridgehead atoms. The topological polar surface area (TPSA) is 9.23 Å². The zero-order valence-corrected chi connectivity index (χ0v) is 19.9. The Morgan fingerprint density at radius 2 is 1.61 bits per heavy atom. The fourth-order valence-corrected chi connectivity index (χ4v) is 6.44. The zero-order chi connectivity index (χ0) is 23.1.